The number of rotatable bonds is 11. The predicted octanol–water partition coefficient (Wildman–Crippen LogP) is 7.26. The SMILES string of the molecule is CCc1ccc(OC(CC(C(C)C)C(C)C)OCCC2CCCCC2)cc1. The Balaban J connectivity index is 1.95. The van der Waals surface area contributed by atoms with E-state index in [0.717, 1.165) is 31.1 Å². The van der Waals surface area contributed by atoms with Crippen LogP contribution < -0.4 is 4.74 Å². The highest BCUT2D eigenvalue weighted by molar-refractivity contribution is 5.27. The summed E-state index contributed by atoms with van der Waals surface area (Å²) < 4.78 is 12.6. The van der Waals surface area contributed by atoms with E-state index >= 15 is 0 Å². The summed E-state index contributed by atoms with van der Waals surface area (Å²) in [5.74, 6) is 3.68. The van der Waals surface area contributed by atoms with Gasteiger partial charge in [-0.2, -0.15) is 0 Å². The zero-order valence-corrected chi connectivity index (χ0v) is 18.4. The zero-order valence-electron chi connectivity index (χ0n) is 18.4. The van der Waals surface area contributed by atoms with Crippen LogP contribution in [0.4, 0.5) is 0 Å². The van der Waals surface area contributed by atoms with Crippen molar-refractivity contribution in [3.05, 3.63) is 29.8 Å². The Kier molecular flexibility index (Phi) is 9.68. The normalized spacial score (nSPS) is 17.0. The molecule has 2 nitrogen and oxygen atoms in total. The summed E-state index contributed by atoms with van der Waals surface area (Å²) >= 11 is 0. The lowest BCUT2D eigenvalue weighted by molar-refractivity contribution is -0.103. The maximum Gasteiger partial charge on any atom is 0.200 e. The van der Waals surface area contributed by atoms with Crippen LogP contribution in [0.25, 0.3) is 0 Å². The topological polar surface area (TPSA) is 18.5 Å². The fourth-order valence-electron chi connectivity index (χ4n) is 4.48. The number of benzene rings is 1. The second-order valence-electron chi connectivity index (χ2n) is 9.10. The molecule has 0 bridgehead atoms. The van der Waals surface area contributed by atoms with Crippen molar-refractivity contribution in [3.63, 3.8) is 0 Å². The summed E-state index contributed by atoms with van der Waals surface area (Å²) in [4.78, 5) is 0. The van der Waals surface area contributed by atoms with Crippen LogP contribution in [0.1, 0.15) is 85.1 Å². The van der Waals surface area contributed by atoms with Gasteiger partial charge in [-0.25, -0.2) is 0 Å². The Hall–Kier alpha value is -1.02. The molecule has 1 unspecified atom stereocenters. The smallest absolute Gasteiger partial charge is 0.200 e. The molecule has 1 atom stereocenters. The van der Waals surface area contributed by atoms with Crippen molar-refractivity contribution >= 4 is 0 Å². The van der Waals surface area contributed by atoms with Gasteiger partial charge in [0.25, 0.3) is 0 Å². The fourth-order valence-corrected chi connectivity index (χ4v) is 4.48. The molecule has 154 valence electrons. The summed E-state index contributed by atoms with van der Waals surface area (Å²) in [7, 11) is 0. The molecular weight excluding hydrogens is 332 g/mol. The third-order valence-corrected chi connectivity index (χ3v) is 6.33. The van der Waals surface area contributed by atoms with E-state index in [0.29, 0.717) is 17.8 Å². The van der Waals surface area contributed by atoms with Crippen LogP contribution in [0.3, 0.4) is 0 Å². The summed E-state index contributed by atoms with van der Waals surface area (Å²) in [5.41, 5.74) is 1.35. The van der Waals surface area contributed by atoms with Crippen LogP contribution in [0.2, 0.25) is 0 Å². The maximum absolute atomic E-state index is 6.31. The van der Waals surface area contributed by atoms with E-state index in [2.05, 4.69) is 58.9 Å². The Bertz CT molecular complexity index is 492. The lowest BCUT2D eigenvalue weighted by Crippen LogP contribution is -2.29. The molecule has 1 aliphatic rings. The van der Waals surface area contributed by atoms with E-state index in [9.17, 15) is 0 Å². The molecule has 1 aromatic rings. The van der Waals surface area contributed by atoms with Gasteiger partial charge in [-0.05, 0) is 54.2 Å². The quantitative estimate of drug-likeness (QED) is 0.379. The molecule has 2 heteroatoms. The van der Waals surface area contributed by atoms with Crippen LogP contribution in [0.5, 0.6) is 5.75 Å². The van der Waals surface area contributed by atoms with E-state index in [4.69, 9.17) is 9.47 Å². The number of ether oxygens (including phenoxy) is 2. The Labute approximate surface area is 168 Å². The van der Waals surface area contributed by atoms with Crippen molar-refractivity contribution in [2.24, 2.45) is 23.7 Å². The van der Waals surface area contributed by atoms with E-state index < -0.39 is 0 Å². The highest BCUT2D eigenvalue weighted by Crippen LogP contribution is 2.29. The van der Waals surface area contributed by atoms with Gasteiger partial charge in [0.1, 0.15) is 5.75 Å². The lowest BCUT2D eigenvalue weighted by atomic mass is 9.83. The molecule has 1 fully saturated rings. The number of hydrogen-bond donors (Lipinski definition) is 0. The molecule has 0 heterocycles. The summed E-state index contributed by atoms with van der Waals surface area (Å²) in [6.45, 7) is 12.3. The highest BCUT2D eigenvalue weighted by Gasteiger charge is 2.24. The standard InChI is InChI=1S/C25H42O2/c1-6-21-12-14-23(15-13-21)27-25(18-24(19(2)3)20(4)5)26-17-16-22-10-8-7-9-11-22/h12-15,19-20,22,24-25H,6-11,16-18H2,1-5H3. The predicted molar refractivity (Wildman–Crippen MR) is 115 cm³/mol. The molecule has 0 N–H and O–H groups in total. The van der Waals surface area contributed by atoms with Crippen LogP contribution in [0, 0.1) is 23.7 Å². The average Bonchev–Trinajstić information content (AvgIpc) is 2.66. The van der Waals surface area contributed by atoms with Crippen LogP contribution >= 0.6 is 0 Å². The van der Waals surface area contributed by atoms with Gasteiger partial charge in [-0.15, -0.1) is 0 Å². The molecule has 27 heavy (non-hydrogen) atoms. The minimum Gasteiger partial charge on any atom is -0.465 e. The second kappa shape index (κ2) is 11.7. The first-order valence-corrected chi connectivity index (χ1v) is 11.4. The van der Waals surface area contributed by atoms with Gasteiger partial charge in [0.05, 0.1) is 6.61 Å². The summed E-state index contributed by atoms with van der Waals surface area (Å²) in [6.07, 6.45) is 10.1. The molecule has 0 aliphatic heterocycles. The average molecular weight is 375 g/mol. The molecule has 0 aromatic heterocycles. The zero-order chi connectivity index (χ0) is 19.6. The van der Waals surface area contributed by atoms with Crippen molar-refractivity contribution in [2.45, 2.75) is 92.3 Å². The lowest BCUT2D eigenvalue weighted by Gasteiger charge is -2.30. The fraction of sp³-hybridized carbons (Fsp3) is 0.760. The van der Waals surface area contributed by atoms with E-state index in [1.807, 2.05) is 0 Å². The largest absolute Gasteiger partial charge is 0.465 e. The number of hydrogen-bond acceptors (Lipinski definition) is 2. The van der Waals surface area contributed by atoms with Crippen LogP contribution in [-0.4, -0.2) is 12.9 Å². The van der Waals surface area contributed by atoms with Crippen LogP contribution in [-0.2, 0) is 11.2 Å². The first kappa shape index (κ1) is 22.3. The summed E-state index contributed by atoms with van der Waals surface area (Å²) in [6, 6.07) is 8.51. The Morgan fingerprint density at radius 2 is 1.56 bits per heavy atom. The first-order valence-electron chi connectivity index (χ1n) is 11.4. The van der Waals surface area contributed by atoms with Gasteiger partial charge >= 0.3 is 0 Å². The third-order valence-electron chi connectivity index (χ3n) is 6.33. The molecule has 0 amide bonds. The van der Waals surface area contributed by atoms with E-state index in [-0.39, 0.29) is 6.29 Å². The van der Waals surface area contributed by atoms with Crippen molar-refractivity contribution in [1.82, 2.24) is 0 Å². The van der Waals surface area contributed by atoms with Crippen molar-refractivity contribution in [3.8, 4) is 5.75 Å². The van der Waals surface area contributed by atoms with Crippen LogP contribution in [0.15, 0.2) is 24.3 Å². The first-order chi connectivity index (χ1) is 13.0. The molecule has 1 saturated carbocycles. The number of aryl methyl sites for hydroxylation is 1. The van der Waals surface area contributed by atoms with E-state index in [1.54, 1.807) is 0 Å². The van der Waals surface area contributed by atoms with Crippen molar-refractivity contribution in [2.75, 3.05) is 6.61 Å². The third kappa shape index (κ3) is 7.86. The minimum atomic E-state index is -0.143. The van der Waals surface area contributed by atoms with Gasteiger partial charge in [-0.1, -0.05) is 78.9 Å². The molecule has 2 rings (SSSR count). The Morgan fingerprint density at radius 1 is 0.926 bits per heavy atom. The maximum atomic E-state index is 6.31. The van der Waals surface area contributed by atoms with Gasteiger partial charge in [0.2, 0.25) is 0 Å². The highest BCUT2D eigenvalue weighted by atomic mass is 16.7. The van der Waals surface area contributed by atoms with Gasteiger partial charge in [0, 0.05) is 6.42 Å². The molecular formula is C25H42O2. The molecule has 0 saturated heterocycles. The van der Waals surface area contributed by atoms with E-state index in [1.165, 1.54) is 44.1 Å². The molecule has 1 aromatic carbocycles. The monoisotopic (exact) mass is 374 g/mol. The molecule has 0 radical (unpaired) electrons. The van der Waals surface area contributed by atoms with Gasteiger partial charge < -0.3 is 9.47 Å². The van der Waals surface area contributed by atoms with Crippen molar-refractivity contribution < 1.29 is 9.47 Å². The Morgan fingerprint density at radius 3 is 2.11 bits per heavy atom. The van der Waals surface area contributed by atoms with Crippen molar-refractivity contribution in [1.29, 1.82) is 0 Å². The molecule has 0 spiro atoms. The van der Waals surface area contributed by atoms with Gasteiger partial charge in [0.15, 0.2) is 6.29 Å². The minimum absolute atomic E-state index is 0.143. The molecule has 1 aliphatic carbocycles. The second-order valence-corrected chi connectivity index (χ2v) is 9.10. The summed E-state index contributed by atoms with van der Waals surface area (Å²) in [5, 5.41) is 0. The van der Waals surface area contributed by atoms with Gasteiger partial charge in [-0.3, -0.25) is 0 Å².